The molecule has 45 heavy (non-hydrogen) atoms. The van der Waals surface area contributed by atoms with E-state index in [4.69, 9.17) is 10.8 Å². The van der Waals surface area contributed by atoms with Crippen LogP contribution in [0.25, 0.3) is 0 Å². The molecule has 0 radical (unpaired) electrons. The zero-order valence-corrected chi connectivity index (χ0v) is 28.8. The fraction of sp³-hybridized carbons (Fsp3) is 0.944. The fourth-order valence-corrected chi connectivity index (χ4v) is 10.7. The lowest BCUT2D eigenvalue weighted by Crippen LogP contribution is -2.59. The summed E-state index contributed by atoms with van der Waals surface area (Å²) in [6.45, 7) is 13.2. The van der Waals surface area contributed by atoms with Crippen molar-refractivity contribution in [3.8, 4) is 0 Å². The third-order valence-electron chi connectivity index (χ3n) is 13.2. The van der Waals surface area contributed by atoms with Crippen LogP contribution in [0.1, 0.15) is 111 Å². The van der Waals surface area contributed by atoms with Crippen molar-refractivity contribution in [2.75, 3.05) is 45.8 Å². The minimum absolute atomic E-state index is 0.162. The normalized spacial score (nSPS) is 36.5. The smallest absolute Gasteiger partial charge is 0.322 e. The van der Waals surface area contributed by atoms with Crippen LogP contribution in [0.15, 0.2) is 0 Å². The number of nitrogens with one attached hydrogen (secondary N) is 4. The summed E-state index contributed by atoms with van der Waals surface area (Å²) in [4.78, 5) is 23.0. The van der Waals surface area contributed by atoms with Crippen molar-refractivity contribution in [1.29, 1.82) is 0 Å². The Hall–Kier alpha value is -1.26. The quantitative estimate of drug-likeness (QED) is 0.106. The lowest BCUT2D eigenvalue weighted by Gasteiger charge is -2.62. The Morgan fingerprint density at radius 1 is 0.867 bits per heavy atom. The van der Waals surface area contributed by atoms with Crippen molar-refractivity contribution in [2.45, 2.75) is 123 Å². The topological polar surface area (TPSA) is 149 Å². The Morgan fingerprint density at radius 2 is 1.53 bits per heavy atom. The predicted molar refractivity (Wildman–Crippen MR) is 181 cm³/mol. The summed E-state index contributed by atoms with van der Waals surface area (Å²) in [5, 5.41) is 34.1. The largest absolute Gasteiger partial charge is 0.480 e. The number of carbonyl (C=O) groups is 2. The van der Waals surface area contributed by atoms with Gasteiger partial charge < -0.3 is 37.2 Å². The summed E-state index contributed by atoms with van der Waals surface area (Å²) in [7, 11) is 0. The van der Waals surface area contributed by atoms with Gasteiger partial charge in [-0.05, 0) is 169 Å². The molecule has 0 saturated heterocycles. The minimum atomic E-state index is -1.00. The van der Waals surface area contributed by atoms with Crippen molar-refractivity contribution >= 4 is 11.9 Å². The molecule has 8 N–H and O–H groups in total. The van der Waals surface area contributed by atoms with Gasteiger partial charge in [0.05, 0.1) is 6.10 Å². The van der Waals surface area contributed by atoms with Gasteiger partial charge in [0.1, 0.15) is 6.54 Å². The molecule has 9 heteroatoms. The monoisotopic (exact) mass is 634 g/mol. The van der Waals surface area contributed by atoms with Crippen molar-refractivity contribution in [3.63, 3.8) is 0 Å². The molecular weight excluding hydrogens is 566 g/mol. The van der Waals surface area contributed by atoms with Gasteiger partial charge in [-0.15, -0.1) is 0 Å². The highest BCUT2D eigenvalue weighted by molar-refractivity contribution is 5.81. The van der Waals surface area contributed by atoms with Gasteiger partial charge in [0.2, 0.25) is 5.91 Å². The number of rotatable bonds is 19. The maximum absolute atomic E-state index is 12.2. The molecule has 0 aromatic carbocycles. The van der Waals surface area contributed by atoms with Gasteiger partial charge in [-0.25, -0.2) is 0 Å². The number of unbranched alkanes of at least 4 members (excludes halogenated alkanes) is 1. The van der Waals surface area contributed by atoms with Crippen LogP contribution in [0, 0.1) is 46.3 Å². The van der Waals surface area contributed by atoms with Crippen LogP contribution in [0.4, 0.5) is 0 Å². The van der Waals surface area contributed by atoms with Crippen LogP contribution < -0.4 is 27.0 Å². The molecule has 4 rings (SSSR count). The Bertz CT molecular complexity index is 937. The van der Waals surface area contributed by atoms with Gasteiger partial charge >= 0.3 is 5.97 Å². The predicted octanol–water partition coefficient (Wildman–Crippen LogP) is 3.89. The number of hydrogen-bond donors (Lipinski definition) is 7. The molecular formula is C36H67N5O4. The number of carboxylic acid groups (broad SMARTS) is 1. The van der Waals surface area contributed by atoms with Gasteiger partial charge in [-0.2, -0.15) is 0 Å². The molecule has 4 saturated carbocycles. The standard InChI is InChI=1S/C36H67N5O4/c1-25(8-11-32(43)41-24-33(44)45)28-9-10-29-34-30(13-15-36(28,29)3)35(2)14-12-27(22-26(35)23-31(34)42)40-21-7-20-39-18-5-4-17-38-19-6-16-37/h25-31,34,38-40,42H,4-24,37H2,1-3H3,(H,41,43)(H,44,45)/t25?,26-,27-,28+,29?,30?,31+,34?,35-,36+/m0/s1. The van der Waals surface area contributed by atoms with Crippen LogP contribution in [0.5, 0.6) is 0 Å². The van der Waals surface area contributed by atoms with E-state index in [0.717, 1.165) is 65.0 Å². The highest BCUT2D eigenvalue weighted by Gasteiger charge is 2.62. The van der Waals surface area contributed by atoms with E-state index in [9.17, 15) is 14.7 Å². The number of aliphatic hydroxyl groups is 1. The summed E-state index contributed by atoms with van der Waals surface area (Å²) >= 11 is 0. The van der Waals surface area contributed by atoms with Gasteiger partial charge in [-0.1, -0.05) is 20.8 Å². The summed E-state index contributed by atoms with van der Waals surface area (Å²) in [6, 6.07) is 0.574. The van der Waals surface area contributed by atoms with E-state index in [-0.39, 0.29) is 24.0 Å². The summed E-state index contributed by atoms with van der Waals surface area (Å²) in [5.74, 6) is 1.99. The van der Waals surface area contributed by atoms with Crippen LogP contribution in [-0.4, -0.2) is 80.0 Å². The Labute approximate surface area is 273 Å². The van der Waals surface area contributed by atoms with E-state index in [0.29, 0.717) is 53.4 Å². The molecule has 1 amide bonds. The van der Waals surface area contributed by atoms with Gasteiger partial charge in [-0.3, -0.25) is 9.59 Å². The molecule has 9 nitrogen and oxygen atoms in total. The lowest BCUT2D eigenvalue weighted by atomic mass is 9.43. The zero-order chi connectivity index (χ0) is 32.5. The number of amides is 1. The first-order valence-electron chi connectivity index (χ1n) is 18.6. The molecule has 0 heterocycles. The highest BCUT2D eigenvalue weighted by Crippen LogP contribution is 2.68. The molecule has 4 unspecified atom stereocenters. The van der Waals surface area contributed by atoms with Crippen LogP contribution in [-0.2, 0) is 9.59 Å². The van der Waals surface area contributed by atoms with E-state index >= 15 is 0 Å². The second-order valence-corrected chi connectivity index (χ2v) is 15.8. The Morgan fingerprint density at radius 3 is 2.24 bits per heavy atom. The zero-order valence-electron chi connectivity index (χ0n) is 28.8. The molecule has 260 valence electrons. The summed E-state index contributed by atoms with van der Waals surface area (Å²) in [5.41, 5.74) is 6.08. The second kappa shape index (κ2) is 17.2. The first-order valence-corrected chi connectivity index (χ1v) is 18.6. The second-order valence-electron chi connectivity index (χ2n) is 15.8. The summed E-state index contributed by atoms with van der Waals surface area (Å²) < 4.78 is 0. The van der Waals surface area contributed by atoms with Crippen molar-refractivity contribution in [3.05, 3.63) is 0 Å². The number of hydrogen-bond acceptors (Lipinski definition) is 7. The van der Waals surface area contributed by atoms with E-state index in [1.165, 1.54) is 57.8 Å². The number of aliphatic hydroxyl groups excluding tert-OH is 1. The molecule has 0 bridgehead atoms. The molecule has 0 aromatic rings. The van der Waals surface area contributed by atoms with Crippen molar-refractivity contribution in [1.82, 2.24) is 21.3 Å². The first kappa shape index (κ1) is 36.6. The summed E-state index contributed by atoms with van der Waals surface area (Å²) in [6.07, 6.45) is 15.1. The SMILES string of the molecule is CC(CCC(=O)NCC(=O)O)[C@H]1CCC2C3C(CC[C@@]21C)[C@@]1(C)CC[C@H](NCCCNCCCCNCCCN)C[C@H]1C[C@H]3O. The van der Waals surface area contributed by atoms with Gasteiger partial charge in [0.15, 0.2) is 0 Å². The molecule has 4 aliphatic rings. The Kier molecular flexibility index (Phi) is 14.0. The maximum Gasteiger partial charge on any atom is 0.322 e. The van der Waals surface area contributed by atoms with Crippen LogP contribution >= 0.6 is 0 Å². The molecule has 0 spiro atoms. The van der Waals surface area contributed by atoms with Crippen LogP contribution in [0.3, 0.4) is 0 Å². The Balaban J connectivity index is 1.20. The third kappa shape index (κ3) is 9.21. The highest BCUT2D eigenvalue weighted by atomic mass is 16.4. The molecule has 4 fully saturated rings. The number of fused-ring (bicyclic) bond motifs is 5. The first-order chi connectivity index (χ1) is 21.6. The molecule has 0 aromatic heterocycles. The molecule has 4 aliphatic carbocycles. The van der Waals surface area contributed by atoms with E-state index in [1.54, 1.807) is 0 Å². The lowest BCUT2D eigenvalue weighted by molar-refractivity contribution is -0.167. The van der Waals surface area contributed by atoms with Crippen molar-refractivity contribution < 1.29 is 19.8 Å². The fourth-order valence-electron chi connectivity index (χ4n) is 10.7. The minimum Gasteiger partial charge on any atom is -0.480 e. The number of carboxylic acids is 1. The number of carbonyl (C=O) groups excluding carboxylic acids is 1. The average molecular weight is 634 g/mol. The van der Waals surface area contributed by atoms with E-state index in [2.05, 4.69) is 42.0 Å². The maximum atomic E-state index is 12.2. The van der Waals surface area contributed by atoms with Crippen LogP contribution in [0.2, 0.25) is 0 Å². The third-order valence-corrected chi connectivity index (χ3v) is 13.2. The van der Waals surface area contributed by atoms with Gasteiger partial charge in [0.25, 0.3) is 0 Å². The molecule has 10 atom stereocenters. The number of aliphatic carboxylic acids is 1. The van der Waals surface area contributed by atoms with Crippen molar-refractivity contribution in [2.24, 2.45) is 52.1 Å². The number of nitrogens with two attached hydrogens (primary N) is 1. The average Bonchev–Trinajstić information content (AvgIpc) is 3.37. The van der Waals surface area contributed by atoms with Gasteiger partial charge in [0, 0.05) is 12.5 Å². The van der Waals surface area contributed by atoms with E-state index < -0.39 is 5.97 Å². The molecule has 0 aliphatic heterocycles. The van der Waals surface area contributed by atoms with E-state index in [1.807, 2.05) is 0 Å².